The highest BCUT2D eigenvalue weighted by Gasteiger charge is 2.33. The number of hydrogen-bond acceptors (Lipinski definition) is 7. The molecule has 0 atom stereocenters. The van der Waals surface area contributed by atoms with Gasteiger partial charge in [-0.1, -0.05) is 12.1 Å². The highest BCUT2D eigenvalue weighted by Crippen LogP contribution is 2.34. The number of rotatable bonds is 6. The number of alkyl halides is 3. The summed E-state index contributed by atoms with van der Waals surface area (Å²) in [5, 5.41) is 3.18. The fourth-order valence-electron chi connectivity index (χ4n) is 2.89. The second-order valence-corrected chi connectivity index (χ2v) is 7.01. The SMILES string of the molecule is COCc1nsc(N2CCN(CC(=O)Nc3ccccc3C(F)(F)F)CC2)n1. The van der Waals surface area contributed by atoms with E-state index in [4.69, 9.17) is 4.74 Å². The molecule has 7 nitrogen and oxygen atoms in total. The number of carbonyl (C=O) groups excluding carboxylic acids is 1. The van der Waals surface area contributed by atoms with Crippen LogP contribution in [-0.2, 0) is 22.3 Å². The number of nitrogens with one attached hydrogen (secondary N) is 1. The third kappa shape index (κ3) is 5.18. The van der Waals surface area contributed by atoms with E-state index in [1.165, 1.54) is 29.7 Å². The molecule has 152 valence electrons. The highest BCUT2D eigenvalue weighted by atomic mass is 32.1. The lowest BCUT2D eigenvalue weighted by molar-refractivity contribution is -0.137. The minimum atomic E-state index is -4.51. The molecule has 2 heterocycles. The molecule has 0 unspecified atom stereocenters. The van der Waals surface area contributed by atoms with Crippen LogP contribution in [0.25, 0.3) is 0 Å². The van der Waals surface area contributed by atoms with E-state index in [2.05, 4.69) is 19.6 Å². The van der Waals surface area contributed by atoms with E-state index in [9.17, 15) is 18.0 Å². The molecule has 11 heteroatoms. The number of benzene rings is 1. The number of amides is 1. The maximum atomic E-state index is 13.0. The topological polar surface area (TPSA) is 70.6 Å². The first-order chi connectivity index (χ1) is 13.4. The van der Waals surface area contributed by atoms with E-state index < -0.39 is 17.6 Å². The van der Waals surface area contributed by atoms with Crippen LogP contribution in [0.1, 0.15) is 11.4 Å². The summed E-state index contributed by atoms with van der Waals surface area (Å²) in [4.78, 5) is 20.6. The number of nitrogens with zero attached hydrogens (tertiary/aromatic N) is 4. The van der Waals surface area contributed by atoms with E-state index in [-0.39, 0.29) is 12.2 Å². The first kappa shape index (κ1) is 20.5. The van der Waals surface area contributed by atoms with Crippen LogP contribution >= 0.6 is 11.5 Å². The second-order valence-electron chi connectivity index (χ2n) is 6.28. The van der Waals surface area contributed by atoms with E-state index in [1.807, 2.05) is 4.90 Å². The zero-order valence-electron chi connectivity index (χ0n) is 15.2. The Bertz CT molecular complexity index is 806. The number of ether oxygens (including phenoxy) is 1. The number of halogens is 3. The summed E-state index contributed by atoms with van der Waals surface area (Å²) in [6.45, 7) is 2.92. The Labute approximate surface area is 164 Å². The largest absolute Gasteiger partial charge is 0.418 e. The molecule has 0 radical (unpaired) electrons. The summed E-state index contributed by atoms with van der Waals surface area (Å²) < 4.78 is 48.3. The number of carbonyl (C=O) groups is 1. The molecule has 1 amide bonds. The molecule has 0 spiro atoms. The van der Waals surface area contributed by atoms with Gasteiger partial charge in [0.25, 0.3) is 0 Å². The number of para-hydroxylation sites is 1. The summed E-state index contributed by atoms with van der Waals surface area (Å²) in [6, 6.07) is 4.97. The van der Waals surface area contributed by atoms with Crippen molar-refractivity contribution in [3.63, 3.8) is 0 Å². The van der Waals surface area contributed by atoms with Crippen LogP contribution in [0.3, 0.4) is 0 Å². The van der Waals surface area contributed by atoms with Crippen LogP contribution in [0, 0.1) is 0 Å². The van der Waals surface area contributed by atoms with E-state index >= 15 is 0 Å². The third-order valence-corrected chi connectivity index (χ3v) is 5.06. The van der Waals surface area contributed by atoms with Crippen molar-refractivity contribution in [3.8, 4) is 0 Å². The smallest absolute Gasteiger partial charge is 0.377 e. The standard InChI is InChI=1S/C17H20F3N5O2S/c1-27-11-14-22-16(28-23-14)25-8-6-24(7-9-25)10-15(26)21-13-5-3-2-4-12(13)17(18,19)20/h2-5H,6-11H2,1H3,(H,21,26). The third-order valence-electron chi connectivity index (χ3n) is 4.25. The number of piperazine rings is 1. The van der Waals surface area contributed by atoms with Gasteiger partial charge in [-0.05, 0) is 12.1 Å². The van der Waals surface area contributed by atoms with Crippen LogP contribution in [0.15, 0.2) is 24.3 Å². The molecule has 2 aromatic rings. The zero-order chi connectivity index (χ0) is 20.1. The summed E-state index contributed by atoms with van der Waals surface area (Å²) in [5.74, 6) is 0.163. The van der Waals surface area contributed by atoms with Crippen molar-refractivity contribution in [2.45, 2.75) is 12.8 Å². The molecule has 1 aromatic heterocycles. The van der Waals surface area contributed by atoms with Gasteiger partial charge in [0.2, 0.25) is 11.0 Å². The Balaban J connectivity index is 1.51. The lowest BCUT2D eigenvalue weighted by atomic mass is 10.1. The molecule has 1 aromatic carbocycles. The lowest BCUT2D eigenvalue weighted by Crippen LogP contribution is -2.48. The molecule has 1 aliphatic rings. The minimum absolute atomic E-state index is 0.0328. The summed E-state index contributed by atoms with van der Waals surface area (Å²) in [7, 11) is 1.58. The van der Waals surface area contributed by atoms with Gasteiger partial charge in [-0.2, -0.15) is 17.5 Å². The normalized spacial score (nSPS) is 15.6. The first-order valence-corrected chi connectivity index (χ1v) is 9.39. The van der Waals surface area contributed by atoms with Crippen LogP contribution in [0.2, 0.25) is 0 Å². The first-order valence-electron chi connectivity index (χ1n) is 8.61. The van der Waals surface area contributed by atoms with Gasteiger partial charge in [0.05, 0.1) is 17.8 Å². The molecular formula is C17H20F3N5O2S. The van der Waals surface area contributed by atoms with Crippen LogP contribution < -0.4 is 10.2 Å². The van der Waals surface area contributed by atoms with Gasteiger partial charge in [0.1, 0.15) is 6.61 Å². The molecule has 3 rings (SSSR count). The van der Waals surface area contributed by atoms with Crippen molar-refractivity contribution in [1.29, 1.82) is 0 Å². The monoisotopic (exact) mass is 415 g/mol. The Morgan fingerprint density at radius 2 is 1.96 bits per heavy atom. The fraction of sp³-hybridized carbons (Fsp3) is 0.471. The van der Waals surface area contributed by atoms with Gasteiger partial charge in [-0.3, -0.25) is 9.69 Å². The molecular weight excluding hydrogens is 395 g/mol. The summed E-state index contributed by atoms with van der Waals surface area (Å²) in [5.41, 5.74) is -1.07. The maximum Gasteiger partial charge on any atom is 0.418 e. The molecule has 0 saturated carbocycles. The minimum Gasteiger partial charge on any atom is -0.377 e. The maximum absolute atomic E-state index is 13.0. The fourth-order valence-corrected chi connectivity index (χ4v) is 3.62. The van der Waals surface area contributed by atoms with Crippen molar-refractivity contribution in [2.75, 3.05) is 50.1 Å². The Kier molecular flexibility index (Phi) is 6.47. The van der Waals surface area contributed by atoms with Crippen LogP contribution in [0.5, 0.6) is 0 Å². The van der Waals surface area contributed by atoms with Crippen molar-refractivity contribution in [3.05, 3.63) is 35.7 Å². The molecule has 0 aliphatic carbocycles. The molecule has 1 N–H and O–H groups in total. The predicted octanol–water partition coefficient (Wildman–Crippen LogP) is 2.46. The second kappa shape index (κ2) is 8.84. The average molecular weight is 415 g/mol. The van der Waals surface area contributed by atoms with Crippen molar-refractivity contribution in [2.24, 2.45) is 0 Å². The van der Waals surface area contributed by atoms with Crippen molar-refractivity contribution >= 4 is 28.3 Å². The number of hydrogen-bond donors (Lipinski definition) is 1. The molecule has 28 heavy (non-hydrogen) atoms. The molecule has 1 aliphatic heterocycles. The number of aromatic nitrogens is 2. The van der Waals surface area contributed by atoms with E-state index in [1.54, 1.807) is 7.11 Å². The summed E-state index contributed by atoms with van der Waals surface area (Å²) in [6.07, 6.45) is -4.51. The molecule has 1 saturated heterocycles. The molecule has 0 bridgehead atoms. The number of anilines is 2. The van der Waals surface area contributed by atoms with Gasteiger partial charge >= 0.3 is 6.18 Å². The predicted molar refractivity (Wildman–Crippen MR) is 99.3 cm³/mol. The van der Waals surface area contributed by atoms with E-state index in [0.29, 0.717) is 38.6 Å². The van der Waals surface area contributed by atoms with E-state index in [0.717, 1.165) is 11.2 Å². The van der Waals surface area contributed by atoms with Gasteiger partial charge in [-0.15, -0.1) is 0 Å². The van der Waals surface area contributed by atoms with Gasteiger partial charge in [-0.25, -0.2) is 4.98 Å². The van der Waals surface area contributed by atoms with Gasteiger partial charge in [0.15, 0.2) is 5.82 Å². The van der Waals surface area contributed by atoms with Crippen molar-refractivity contribution < 1.29 is 22.7 Å². The van der Waals surface area contributed by atoms with Gasteiger partial charge in [0, 0.05) is 44.8 Å². The Morgan fingerprint density at radius 1 is 1.25 bits per heavy atom. The summed E-state index contributed by atoms with van der Waals surface area (Å²) >= 11 is 1.30. The molecule has 1 fully saturated rings. The highest BCUT2D eigenvalue weighted by molar-refractivity contribution is 7.09. The van der Waals surface area contributed by atoms with Crippen molar-refractivity contribution in [1.82, 2.24) is 14.3 Å². The Hall–Kier alpha value is -2.24. The number of methoxy groups -OCH3 is 1. The quantitative estimate of drug-likeness (QED) is 0.782. The lowest BCUT2D eigenvalue weighted by Gasteiger charge is -2.33. The zero-order valence-corrected chi connectivity index (χ0v) is 16.0. The van der Waals surface area contributed by atoms with Crippen LogP contribution in [0.4, 0.5) is 24.0 Å². The van der Waals surface area contributed by atoms with Gasteiger partial charge < -0.3 is 15.0 Å². The average Bonchev–Trinajstić information content (AvgIpc) is 3.11. The Morgan fingerprint density at radius 3 is 2.64 bits per heavy atom. The van der Waals surface area contributed by atoms with Crippen LogP contribution in [-0.4, -0.2) is 60.0 Å².